The molecule has 0 aliphatic carbocycles. The average molecular weight is 584 g/mol. The first-order valence-electron chi connectivity index (χ1n) is 13.7. The second-order valence-corrected chi connectivity index (χ2v) is 10.8. The van der Waals surface area contributed by atoms with Crippen LogP contribution in [0.5, 0.6) is 11.5 Å². The molecule has 8 nitrogen and oxygen atoms in total. The predicted molar refractivity (Wildman–Crippen MR) is 164 cm³/mol. The van der Waals surface area contributed by atoms with Crippen molar-refractivity contribution >= 4 is 28.8 Å². The lowest BCUT2D eigenvalue weighted by molar-refractivity contribution is -0.141. The lowest BCUT2D eigenvalue weighted by Gasteiger charge is -2.36. The molecule has 2 aliphatic rings. The van der Waals surface area contributed by atoms with Gasteiger partial charge < -0.3 is 24.0 Å². The molecule has 2 aliphatic heterocycles. The number of methoxy groups -OCH3 is 1. The third-order valence-electron chi connectivity index (χ3n) is 6.91. The number of amides is 1. The number of esters is 1. The van der Waals surface area contributed by atoms with Crippen LogP contribution in [0.2, 0.25) is 0 Å². The Morgan fingerprint density at radius 2 is 1.67 bits per heavy atom. The van der Waals surface area contributed by atoms with Gasteiger partial charge >= 0.3 is 5.97 Å². The molecule has 5 rings (SSSR count). The Bertz CT molecular complexity index is 1520. The monoisotopic (exact) mass is 583 g/mol. The summed E-state index contributed by atoms with van der Waals surface area (Å²) in [5, 5.41) is 2.64. The number of rotatable bonds is 11. The molecule has 3 aromatic rings. The third-order valence-corrected chi connectivity index (χ3v) is 7.80. The van der Waals surface area contributed by atoms with Crippen LogP contribution in [0.1, 0.15) is 30.5 Å². The van der Waals surface area contributed by atoms with Crippen LogP contribution < -0.4 is 4.74 Å². The van der Waals surface area contributed by atoms with Crippen molar-refractivity contribution in [3.05, 3.63) is 118 Å². The van der Waals surface area contributed by atoms with Crippen LogP contribution in [-0.4, -0.2) is 54.2 Å². The van der Waals surface area contributed by atoms with Crippen LogP contribution in [0.15, 0.2) is 112 Å². The molecule has 0 saturated heterocycles. The van der Waals surface area contributed by atoms with E-state index in [1.54, 1.807) is 19.1 Å². The van der Waals surface area contributed by atoms with E-state index in [9.17, 15) is 9.59 Å². The maximum absolute atomic E-state index is 13.5. The molecular formula is C33H33N3O5S. The summed E-state index contributed by atoms with van der Waals surface area (Å²) in [5.74, 6) is 0.817. The molecule has 0 radical (unpaired) electrons. The number of carbonyl (C=O) groups excluding carboxylic acids is 2. The van der Waals surface area contributed by atoms with Crippen LogP contribution >= 0.6 is 11.8 Å². The number of thioether (sulfide) groups is 1. The van der Waals surface area contributed by atoms with Crippen LogP contribution in [-0.2, 0) is 25.6 Å². The van der Waals surface area contributed by atoms with E-state index in [0.717, 1.165) is 16.8 Å². The first-order valence-corrected chi connectivity index (χ1v) is 14.5. The summed E-state index contributed by atoms with van der Waals surface area (Å²) < 4.78 is 16.8. The largest absolute Gasteiger partial charge is 0.460 e. The van der Waals surface area contributed by atoms with Gasteiger partial charge in [0.1, 0.15) is 18.1 Å². The highest BCUT2D eigenvalue weighted by Gasteiger charge is 2.41. The fourth-order valence-electron chi connectivity index (χ4n) is 4.85. The van der Waals surface area contributed by atoms with Gasteiger partial charge in [0, 0.05) is 26.4 Å². The molecule has 1 atom stereocenters. The Kier molecular flexibility index (Phi) is 9.41. The van der Waals surface area contributed by atoms with Gasteiger partial charge in [0.2, 0.25) is 5.91 Å². The second kappa shape index (κ2) is 13.5. The van der Waals surface area contributed by atoms with Gasteiger partial charge in [0.05, 0.1) is 30.3 Å². The minimum absolute atomic E-state index is 0.0395. The quantitative estimate of drug-likeness (QED) is 0.194. The lowest BCUT2D eigenvalue weighted by Crippen LogP contribution is -2.38. The number of para-hydroxylation sites is 1. The zero-order valence-corrected chi connectivity index (χ0v) is 24.7. The van der Waals surface area contributed by atoms with E-state index in [1.165, 1.54) is 11.8 Å². The van der Waals surface area contributed by atoms with Crippen molar-refractivity contribution in [1.82, 2.24) is 9.80 Å². The molecule has 0 saturated carbocycles. The van der Waals surface area contributed by atoms with E-state index in [0.29, 0.717) is 34.5 Å². The minimum Gasteiger partial charge on any atom is -0.460 e. The smallest absolute Gasteiger partial charge is 0.338 e. The van der Waals surface area contributed by atoms with Gasteiger partial charge in [-0.2, -0.15) is 0 Å². The van der Waals surface area contributed by atoms with E-state index in [-0.39, 0.29) is 25.5 Å². The highest BCUT2D eigenvalue weighted by atomic mass is 32.2. The van der Waals surface area contributed by atoms with Crippen LogP contribution in [0, 0.1) is 0 Å². The van der Waals surface area contributed by atoms with E-state index < -0.39 is 12.0 Å². The maximum atomic E-state index is 13.5. The molecule has 9 heteroatoms. The van der Waals surface area contributed by atoms with Crippen molar-refractivity contribution in [2.45, 2.75) is 25.9 Å². The molecule has 3 aromatic carbocycles. The van der Waals surface area contributed by atoms with E-state index >= 15 is 0 Å². The molecule has 42 heavy (non-hydrogen) atoms. The van der Waals surface area contributed by atoms with Gasteiger partial charge in [-0.1, -0.05) is 72.4 Å². The van der Waals surface area contributed by atoms with E-state index in [1.807, 2.05) is 102 Å². The Morgan fingerprint density at radius 1 is 0.952 bits per heavy atom. The number of ether oxygens (including phenoxy) is 3. The SMILES string of the molecule is COCCOC(=O)C1=C(C)N=C2SC=C(CC(=O)N(C)Cc3ccccc3)N2[C@H]1c1cccc(Oc2ccccc2)c1. The van der Waals surface area contributed by atoms with Gasteiger partial charge in [0.15, 0.2) is 5.17 Å². The Labute approximate surface area is 250 Å². The molecule has 0 aromatic heterocycles. The molecule has 0 unspecified atom stereocenters. The number of fused-ring (bicyclic) bond motifs is 1. The van der Waals surface area contributed by atoms with Crippen LogP contribution in [0.4, 0.5) is 0 Å². The number of aliphatic imine (C=N–C) groups is 1. The van der Waals surface area contributed by atoms with Crippen molar-refractivity contribution in [3.63, 3.8) is 0 Å². The Balaban J connectivity index is 1.45. The van der Waals surface area contributed by atoms with Crippen molar-refractivity contribution < 1.29 is 23.8 Å². The van der Waals surface area contributed by atoms with Crippen molar-refractivity contribution in [3.8, 4) is 11.5 Å². The standard InChI is InChI=1S/C33H33N3O5S/c1-23-30(32(38)40-18-17-39-3)31(25-13-10-16-28(19-25)41-27-14-8-5-9-15-27)36-26(22-42-33(36)34-23)20-29(37)35(2)21-24-11-6-4-7-12-24/h4-16,19,22,31H,17-18,20-21H2,1-3H3/t31-/m0/s1. The summed E-state index contributed by atoms with van der Waals surface area (Å²) in [7, 11) is 3.36. The molecule has 0 N–H and O–H groups in total. The maximum Gasteiger partial charge on any atom is 0.338 e. The number of nitrogens with zero attached hydrogens (tertiary/aromatic N) is 3. The minimum atomic E-state index is -0.569. The van der Waals surface area contributed by atoms with Crippen molar-refractivity contribution in [2.24, 2.45) is 4.99 Å². The summed E-state index contributed by atoms with van der Waals surface area (Å²) in [5.41, 5.74) is 3.60. The Morgan fingerprint density at radius 3 is 2.40 bits per heavy atom. The highest BCUT2D eigenvalue weighted by molar-refractivity contribution is 8.16. The number of carbonyl (C=O) groups is 2. The molecule has 0 spiro atoms. The molecule has 0 fully saturated rings. The van der Waals surface area contributed by atoms with Gasteiger partial charge in [-0.25, -0.2) is 9.79 Å². The normalized spacial score (nSPS) is 16.0. The lowest BCUT2D eigenvalue weighted by atomic mass is 9.93. The number of hydrogen-bond donors (Lipinski definition) is 0. The summed E-state index contributed by atoms with van der Waals surface area (Å²) in [6.07, 6.45) is 0.150. The van der Waals surface area contributed by atoms with Gasteiger partial charge in [-0.05, 0) is 47.7 Å². The fourth-order valence-corrected chi connectivity index (χ4v) is 5.81. The zero-order chi connectivity index (χ0) is 29.5. The number of benzene rings is 3. The average Bonchev–Trinajstić information content (AvgIpc) is 3.39. The first kappa shape index (κ1) is 29.2. The summed E-state index contributed by atoms with van der Waals surface area (Å²) >= 11 is 1.44. The number of amidine groups is 1. The second-order valence-electron chi connectivity index (χ2n) is 9.92. The fraction of sp³-hybridized carbons (Fsp3) is 0.242. The number of hydrogen-bond acceptors (Lipinski definition) is 8. The van der Waals surface area contributed by atoms with E-state index in [2.05, 4.69) is 0 Å². The summed E-state index contributed by atoms with van der Waals surface area (Å²) in [6.45, 7) is 2.71. The van der Waals surface area contributed by atoms with Crippen LogP contribution in [0.25, 0.3) is 0 Å². The summed E-state index contributed by atoms with van der Waals surface area (Å²) in [6, 6.07) is 26.5. The molecule has 2 heterocycles. The summed E-state index contributed by atoms with van der Waals surface area (Å²) in [4.78, 5) is 35.4. The van der Waals surface area contributed by atoms with Gasteiger partial charge in [-0.15, -0.1) is 0 Å². The zero-order valence-electron chi connectivity index (χ0n) is 23.9. The third kappa shape index (κ3) is 6.75. The topological polar surface area (TPSA) is 80.7 Å². The Hall–Kier alpha value is -4.34. The molecule has 216 valence electrons. The predicted octanol–water partition coefficient (Wildman–Crippen LogP) is 6.29. The van der Waals surface area contributed by atoms with Gasteiger partial charge in [0.25, 0.3) is 0 Å². The van der Waals surface area contributed by atoms with Crippen molar-refractivity contribution in [1.29, 1.82) is 0 Å². The van der Waals surface area contributed by atoms with Gasteiger partial charge in [-0.3, -0.25) is 4.79 Å². The molecule has 0 bridgehead atoms. The van der Waals surface area contributed by atoms with Crippen LogP contribution in [0.3, 0.4) is 0 Å². The van der Waals surface area contributed by atoms with Crippen molar-refractivity contribution in [2.75, 3.05) is 27.4 Å². The number of allylic oxidation sites excluding steroid dienone is 1. The molecular weight excluding hydrogens is 550 g/mol. The first-order chi connectivity index (χ1) is 20.4. The molecule has 1 amide bonds. The highest BCUT2D eigenvalue weighted by Crippen LogP contribution is 2.45. The van der Waals surface area contributed by atoms with E-state index in [4.69, 9.17) is 19.2 Å².